The summed E-state index contributed by atoms with van der Waals surface area (Å²) in [6.07, 6.45) is 9.75. The van der Waals surface area contributed by atoms with Crippen LogP contribution in [0.2, 0.25) is 0 Å². The van der Waals surface area contributed by atoms with Crippen molar-refractivity contribution in [2.45, 2.75) is 0 Å². The van der Waals surface area contributed by atoms with Gasteiger partial charge < -0.3 is 0 Å². The van der Waals surface area contributed by atoms with E-state index in [1.54, 1.807) is 0 Å². The van der Waals surface area contributed by atoms with Crippen LogP contribution in [-0.2, 0) is 0 Å². The molecule has 0 amide bonds. The molecule has 230 valence electrons. The van der Waals surface area contributed by atoms with E-state index >= 15 is 0 Å². The minimum Gasteiger partial charge on any atom is -0.299 e. The second kappa shape index (κ2) is 11.9. The maximum absolute atomic E-state index is 8.99. The molecule has 2 N–H and O–H groups in total. The Labute approximate surface area is 283 Å². The molecule has 0 saturated heterocycles. The Morgan fingerprint density at radius 2 is 1.06 bits per heavy atom. The molecule has 7 aromatic carbocycles. The normalized spacial score (nSPS) is 13.8. The molecule has 1 heterocycles. The zero-order valence-electron chi connectivity index (χ0n) is 26.6. The van der Waals surface area contributed by atoms with Crippen molar-refractivity contribution in [1.29, 1.82) is 5.41 Å². The zero-order valence-corrected chi connectivity index (χ0v) is 26.6. The average molecular weight is 627 g/mol. The van der Waals surface area contributed by atoms with Crippen molar-refractivity contribution in [2.75, 3.05) is 5.43 Å². The molecule has 0 fully saturated rings. The zero-order chi connectivity index (χ0) is 32.7. The lowest BCUT2D eigenvalue weighted by atomic mass is 9.83. The van der Waals surface area contributed by atoms with Gasteiger partial charge >= 0.3 is 0 Å². The van der Waals surface area contributed by atoms with E-state index in [-0.39, 0.29) is 0 Å². The first-order valence-corrected chi connectivity index (χ1v) is 16.4. The third kappa shape index (κ3) is 4.98. The summed E-state index contributed by atoms with van der Waals surface area (Å²) in [5.74, 6) is 0. The van der Waals surface area contributed by atoms with Gasteiger partial charge in [-0.05, 0) is 89.8 Å². The number of hydrogen-bond acceptors (Lipinski definition) is 4. The molecule has 1 aromatic heterocycles. The fraction of sp³-hybridized carbons (Fsp3) is 0. The Kier molecular flexibility index (Phi) is 6.91. The molecule has 4 nitrogen and oxygen atoms in total. The highest BCUT2D eigenvalue weighted by molar-refractivity contribution is 6.52. The largest absolute Gasteiger partial charge is 0.299 e. The lowest BCUT2D eigenvalue weighted by Crippen LogP contribution is -2.13. The van der Waals surface area contributed by atoms with Crippen molar-refractivity contribution < 1.29 is 0 Å². The number of allylic oxidation sites excluding steroid dienone is 4. The maximum Gasteiger partial charge on any atom is 0.108 e. The van der Waals surface area contributed by atoms with Gasteiger partial charge in [-0.3, -0.25) is 15.8 Å². The first kappa shape index (κ1) is 28.6. The Bertz CT molecular complexity index is 2630. The Morgan fingerprint density at radius 3 is 1.73 bits per heavy atom. The number of pyridine rings is 1. The molecule has 4 heteroatoms. The van der Waals surface area contributed by atoms with Crippen molar-refractivity contribution in [3.63, 3.8) is 0 Å². The number of aromatic nitrogens is 1. The molecule has 49 heavy (non-hydrogen) atoms. The number of nitrogens with one attached hydrogen (secondary N) is 2. The van der Waals surface area contributed by atoms with E-state index in [2.05, 4.69) is 143 Å². The second-order valence-electron chi connectivity index (χ2n) is 12.3. The van der Waals surface area contributed by atoms with Gasteiger partial charge in [0, 0.05) is 23.3 Å². The predicted octanol–water partition coefficient (Wildman–Crippen LogP) is 11.5. The Balaban J connectivity index is 1.06. The van der Waals surface area contributed by atoms with Crippen LogP contribution in [0.25, 0.3) is 70.9 Å². The van der Waals surface area contributed by atoms with Gasteiger partial charge in [0.25, 0.3) is 0 Å². The van der Waals surface area contributed by atoms with Crippen molar-refractivity contribution in [2.24, 2.45) is 5.10 Å². The molecule has 1 aliphatic carbocycles. The average Bonchev–Trinajstić information content (AvgIpc) is 3.16. The number of rotatable bonds is 5. The first-order chi connectivity index (χ1) is 24.2. The van der Waals surface area contributed by atoms with Crippen molar-refractivity contribution in [1.82, 2.24) is 4.98 Å². The van der Waals surface area contributed by atoms with Gasteiger partial charge in [-0.2, -0.15) is 5.10 Å². The van der Waals surface area contributed by atoms with Crippen LogP contribution in [0.4, 0.5) is 5.69 Å². The molecule has 9 rings (SSSR count). The van der Waals surface area contributed by atoms with Crippen LogP contribution in [-0.4, -0.2) is 16.4 Å². The number of nitrogens with zero attached hydrogens (tertiary/aromatic N) is 2. The van der Waals surface area contributed by atoms with Gasteiger partial charge in [0.15, 0.2) is 0 Å². The van der Waals surface area contributed by atoms with Gasteiger partial charge in [-0.25, -0.2) is 0 Å². The van der Waals surface area contributed by atoms with Gasteiger partial charge in [-0.15, -0.1) is 0 Å². The highest BCUT2D eigenvalue weighted by atomic mass is 15.3. The van der Waals surface area contributed by atoms with Crippen LogP contribution in [0.3, 0.4) is 0 Å². The van der Waals surface area contributed by atoms with Gasteiger partial charge in [0.1, 0.15) is 5.71 Å². The fourth-order valence-electron chi connectivity index (χ4n) is 7.16. The molecule has 1 aliphatic rings. The van der Waals surface area contributed by atoms with E-state index in [4.69, 9.17) is 5.41 Å². The molecule has 0 spiro atoms. The quantitative estimate of drug-likeness (QED) is 0.113. The SMILES string of the molecule is N=C1C=C(c2c3ccccc3c(-c3cccc4ccccc34)c3ccccc23)C=C/C1=N/Nc1ccc(-c2cncc3ccccc23)cc1. The van der Waals surface area contributed by atoms with E-state index in [1.165, 1.54) is 38.1 Å². The standard InChI is InChI=1S/C45H30N4/c46-42-26-31(22-25-43(42)49-48-33-23-20-30(21-24-33)41-28-47-27-32-11-2-4-14-35(32)41)44-37-15-5-7-17-39(37)45(40-18-8-6-16-38(40)44)36-19-9-12-29-10-1-3-13-34(29)36/h1-28,46,48H/b46-42?,49-43-. The lowest BCUT2D eigenvalue weighted by molar-refractivity contribution is 1.34. The Morgan fingerprint density at radius 1 is 0.490 bits per heavy atom. The summed E-state index contributed by atoms with van der Waals surface area (Å²) in [6.45, 7) is 0. The minimum atomic E-state index is 0.356. The maximum atomic E-state index is 8.99. The third-order valence-electron chi connectivity index (χ3n) is 9.45. The van der Waals surface area contributed by atoms with Gasteiger partial charge in [0.05, 0.1) is 11.4 Å². The first-order valence-electron chi connectivity index (χ1n) is 16.4. The van der Waals surface area contributed by atoms with Crippen LogP contribution in [0, 0.1) is 5.41 Å². The molecule has 0 aliphatic heterocycles. The number of anilines is 1. The van der Waals surface area contributed by atoms with E-state index in [0.717, 1.165) is 44.1 Å². The summed E-state index contributed by atoms with van der Waals surface area (Å²) < 4.78 is 0. The number of fused-ring (bicyclic) bond motifs is 4. The molecule has 0 bridgehead atoms. The van der Waals surface area contributed by atoms with E-state index in [0.29, 0.717) is 11.4 Å². The monoisotopic (exact) mass is 626 g/mol. The van der Waals surface area contributed by atoms with Gasteiger partial charge in [0.2, 0.25) is 0 Å². The predicted molar refractivity (Wildman–Crippen MR) is 207 cm³/mol. The molecule has 0 radical (unpaired) electrons. The summed E-state index contributed by atoms with van der Waals surface area (Å²) in [7, 11) is 0. The molecule has 0 atom stereocenters. The highest BCUT2D eigenvalue weighted by Gasteiger charge is 2.20. The molecule has 0 unspecified atom stereocenters. The van der Waals surface area contributed by atoms with Crippen LogP contribution < -0.4 is 5.43 Å². The topological polar surface area (TPSA) is 61.1 Å². The smallest absolute Gasteiger partial charge is 0.108 e. The van der Waals surface area contributed by atoms with Crippen LogP contribution in [0.5, 0.6) is 0 Å². The molecule has 8 aromatic rings. The van der Waals surface area contributed by atoms with Crippen LogP contribution in [0.1, 0.15) is 5.56 Å². The number of benzene rings is 7. The molecular formula is C45H30N4. The van der Waals surface area contributed by atoms with Crippen molar-refractivity contribution in [3.05, 3.63) is 176 Å². The minimum absolute atomic E-state index is 0.356. The van der Waals surface area contributed by atoms with Crippen molar-refractivity contribution in [3.8, 4) is 22.3 Å². The van der Waals surface area contributed by atoms with Crippen LogP contribution >= 0.6 is 0 Å². The van der Waals surface area contributed by atoms with E-state index in [9.17, 15) is 0 Å². The summed E-state index contributed by atoms with van der Waals surface area (Å²) in [5, 5.41) is 23.1. The van der Waals surface area contributed by atoms with E-state index in [1.807, 2.05) is 42.7 Å². The summed E-state index contributed by atoms with van der Waals surface area (Å²) in [4.78, 5) is 4.43. The summed E-state index contributed by atoms with van der Waals surface area (Å²) in [6, 6.07) is 48.9. The Hall–Kier alpha value is -6.65. The lowest BCUT2D eigenvalue weighted by Gasteiger charge is -2.20. The van der Waals surface area contributed by atoms with E-state index < -0.39 is 0 Å². The molecular weight excluding hydrogens is 597 g/mol. The van der Waals surface area contributed by atoms with Crippen LogP contribution in [0.15, 0.2) is 175 Å². The highest BCUT2D eigenvalue weighted by Crippen LogP contribution is 2.44. The molecule has 0 saturated carbocycles. The third-order valence-corrected chi connectivity index (χ3v) is 9.45. The second-order valence-corrected chi connectivity index (χ2v) is 12.3. The number of hydrazone groups is 1. The van der Waals surface area contributed by atoms with Gasteiger partial charge in [-0.1, -0.05) is 133 Å². The van der Waals surface area contributed by atoms with Crippen molar-refractivity contribution >= 4 is 65.8 Å². The number of hydrogen-bond donors (Lipinski definition) is 2. The fourth-order valence-corrected chi connectivity index (χ4v) is 7.16. The summed E-state index contributed by atoms with van der Waals surface area (Å²) in [5.41, 5.74) is 11.7. The summed E-state index contributed by atoms with van der Waals surface area (Å²) >= 11 is 0.